The van der Waals surface area contributed by atoms with Gasteiger partial charge in [0.15, 0.2) is 0 Å². The summed E-state index contributed by atoms with van der Waals surface area (Å²) < 4.78 is 18.5. The van der Waals surface area contributed by atoms with E-state index in [1.165, 1.54) is 12.1 Å². The van der Waals surface area contributed by atoms with Crippen LogP contribution in [0.2, 0.25) is 0 Å². The summed E-state index contributed by atoms with van der Waals surface area (Å²) in [6, 6.07) is 4.38. The van der Waals surface area contributed by atoms with Crippen molar-refractivity contribution in [2.75, 3.05) is 0 Å². The van der Waals surface area contributed by atoms with Crippen LogP contribution in [0.4, 0.5) is 4.39 Å². The largest absolute Gasteiger partial charge is 0.338 e. The predicted octanol–water partition coefficient (Wildman–Crippen LogP) is 3.38. The Bertz CT molecular complexity index is 468. The lowest BCUT2D eigenvalue weighted by Gasteiger charge is -1.96. The van der Waals surface area contributed by atoms with Gasteiger partial charge in [-0.25, -0.2) is 4.39 Å². The van der Waals surface area contributed by atoms with Crippen LogP contribution in [0.3, 0.4) is 0 Å². The Balaban J connectivity index is 2.44. The van der Waals surface area contributed by atoms with Crippen molar-refractivity contribution in [3.63, 3.8) is 0 Å². The molecule has 78 valence electrons. The zero-order valence-electron chi connectivity index (χ0n) is 7.38. The van der Waals surface area contributed by atoms with Gasteiger partial charge in [-0.15, -0.1) is 11.6 Å². The first-order valence-corrected chi connectivity index (χ1v) is 5.37. The van der Waals surface area contributed by atoms with Crippen molar-refractivity contribution in [3.8, 4) is 11.4 Å². The van der Waals surface area contributed by atoms with Gasteiger partial charge in [-0.2, -0.15) is 4.98 Å². The van der Waals surface area contributed by atoms with E-state index in [1.54, 1.807) is 6.07 Å². The average molecular weight is 292 g/mol. The van der Waals surface area contributed by atoms with Gasteiger partial charge in [0.25, 0.3) is 0 Å². The van der Waals surface area contributed by atoms with Crippen LogP contribution in [0.1, 0.15) is 5.89 Å². The number of hydrogen-bond acceptors (Lipinski definition) is 3. The summed E-state index contributed by atoms with van der Waals surface area (Å²) in [5.41, 5.74) is 0.544. The van der Waals surface area contributed by atoms with Crippen molar-refractivity contribution in [3.05, 3.63) is 34.4 Å². The minimum atomic E-state index is -0.364. The third kappa shape index (κ3) is 2.35. The molecule has 0 saturated heterocycles. The Morgan fingerprint density at radius 1 is 1.40 bits per heavy atom. The molecular formula is C9H5BrClFN2O. The molecule has 2 rings (SSSR count). The quantitative estimate of drug-likeness (QED) is 0.796. The molecule has 0 unspecified atom stereocenters. The lowest BCUT2D eigenvalue weighted by atomic mass is 10.2. The topological polar surface area (TPSA) is 38.9 Å². The molecule has 3 nitrogen and oxygen atoms in total. The van der Waals surface area contributed by atoms with Crippen LogP contribution < -0.4 is 0 Å². The van der Waals surface area contributed by atoms with Crippen molar-refractivity contribution in [1.29, 1.82) is 0 Å². The van der Waals surface area contributed by atoms with Gasteiger partial charge in [-0.05, 0) is 18.2 Å². The van der Waals surface area contributed by atoms with Gasteiger partial charge in [-0.1, -0.05) is 21.1 Å². The van der Waals surface area contributed by atoms with Crippen LogP contribution in [-0.2, 0) is 5.88 Å². The summed E-state index contributed by atoms with van der Waals surface area (Å²) in [4.78, 5) is 3.98. The van der Waals surface area contributed by atoms with Crippen LogP contribution >= 0.6 is 27.5 Å². The monoisotopic (exact) mass is 290 g/mol. The molecule has 0 aliphatic rings. The highest BCUT2D eigenvalue weighted by molar-refractivity contribution is 9.10. The molecule has 0 saturated carbocycles. The van der Waals surface area contributed by atoms with Gasteiger partial charge < -0.3 is 4.52 Å². The third-order valence-corrected chi connectivity index (χ3v) is 2.39. The molecule has 1 aromatic heterocycles. The van der Waals surface area contributed by atoms with E-state index in [0.29, 0.717) is 21.8 Å². The van der Waals surface area contributed by atoms with E-state index in [9.17, 15) is 4.39 Å². The van der Waals surface area contributed by atoms with Crippen LogP contribution in [0.25, 0.3) is 11.4 Å². The Morgan fingerprint density at radius 2 is 2.20 bits per heavy atom. The highest BCUT2D eigenvalue weighted by atomic mass is 79.9. The first kappa shape index (κ1) is 10.6. The molecule has 0 spiro atoms. The van der Waals surface area contributed by atoms with E-state index < -0.39 is 0 Å². The minimum absolute atomic E-state index is 0.142. The average Bonchev–Trinajstić information content (AvgIpc) is 2.64. The van der Waals surface area contributed by atoms with Crippen LogP contribution in [0.15, 0.2) is 27.2 Å². The standard InChI is InChI=1S/C9H5BrClFN2O/c10-6-1-5(2-7(12)3-6)9-13-8(4-11)15-14-9/h1-3H,4H2. The molecule has 0 atom stereocenters. The molecule has 0 N–H and O–H groups in total. The smallest absolute Gasteiger partial charge is 0.241 e. The first-order valence-electron chi connectivity index (χ1n) is 4.04. The van der Waals surface area contributed by atoms with E-state index in [1.807, 2.05) is 0 Å². The van der Waals surface area contributed by atoms with E-state index >= 15 is 0 Å². The summed E-state index contributed by atoms with van der Waals surface area (Å²) in [7, 11) is 0. The summed E-state index contributed by atoms with van der Waals surface area (Å²) in [5, 5.41) is 3.68. The molecule has 0 radical (unpaired) electrons. The third-order valence-electron chi connectivity index (χ3n) is 1.70. The second-order valence-electron chi connectivity index (χ2n) is 2.80. The van der Waals surface area contributed by atoms with Crippen molar-refractivity contribution in [1.82, 2.24) is 10.1 Å². The van der Waals surface area contributed by atoms with E-state index in [4.69, 9.17) is 16.1 Å². The molecule has 0 aliphatic carbocycles. The van der Waals surface area contributed by atoms with Crippen molar-refractivity contribution >= 4 is 27.5 Å². The van der Waals surface area contributed by atoms with Crippen molar-refractivity contribution in [2.24, 2.45) is 0 Å². The summed E-state index contributed by atoms with van der Waals surface area (Å²) in [6.07, 6.45) is 0. The molecule has 2 aromatic rings. The first-order chi connectivity index (χ1) is 7.19. The second-order valence-corrected chi connectivity index (χ2v) is 3.99. The van der Waals surface area contributed by atoms with Gasteiger partial charge >= 0.3 is 0 Å². The maximum Gasteiger partial charge on any atom is 0.241 e. The van der Waals surface area contributed by atoms with Crippen LogP contribution in [0, 0.1) is 5.82 Å². The van der Waals surface area contributed by atoms with Gasteiger partial charge in [0.1, 0.15) is 11.7 Å². The van der Waals surface area contributed by atoms with E-state index in [0.717, 1.165) is 0 Å². The highest BCUT2D eigenvalue weighted by Crippen LogP contribution is 2.22. The van der Waals surface area contributed by atoms with Crippen molar-refractivity contribution in [2.45, 2.75) is 5.88 Å². The maximum atomic E-state index is 13.1. The van der Waals surface area contributed by atoms with E-state index in [-0.39, 0.29) is 11.7 Å². The number of benzene rings is 1. The Kier molecular flexibility index (Phi) is 3.02. The molecule has 0 aliphatic heterocycles. The molecule has 0 fully saturated rings. The number of hydrogen-bond donors (Lipinski definition) is 0. The van der Waals surface area contributed by atoms with Gasteiger partial charge in [-0.3, -0.25) is 0 Å². The second kappa shape index (κ2) is 4.28. The lowest BCUT2D eigenvalue weighted by molar-refractivity contribution is 0.391. The fraction of sp³-hybridized carbons (Fsp3) is 0.111. The number of rotatable bonds is 2. The number of aromatic nitrogens is 2. The molecular weight excluding hydrogens is 286 g/mol. The number of alkyl halides is 1. The molecule has 0 bridgehead atoms. The summed E-state index contributed by atoms with van der Waals surface area (Å²) >= 11 is 8.69. The van der Waals surface area contributed by atoms with Crippen LogP contribution in [0.5, 0.6) is 0 Å². The van der Waals surface area contributed by atoms with Gasteiger partial charge in [0.2, 0.25) is 11.7 Å². The zero-order valence-corrected chi connectivity index (χ0v) is 9.72. The van der Waals surface area contributed by atoms with Gasteiger partial charge in [0.05, 0.1) is 0 Å². The number of halogens is 3. The molecule has 1 aromatic carbocycles. The maximum absolute atomic E-state index is 13.1. The van der Waals surface area contributed by atoms with E-state index in [2.05, 4.69) is 26.1 Å². The molecule has 15 heavy (non-hydrogen) atoms. The Hall–Kier alpha value is -0.940. The SMILES string of the molecule is Fc1cc(Br)cc(-c2noc(CCl)n2)c1. The fourth-order valence-corrected chi connectivity index (χ4v) is 1.68. The van der Waals surface area contributed by atoms with Gasteiger partial charge in [0, 0.05) is 10.0 Å². The Morgan fingerprint density at radius 3 is 2.80 bits per heavy atom. The summed E-state index contributed by atoms with van der Waals surface area (Å²) in [5.74, 6) is 0.415. The lowest BCUT2D eigenvalue weighted by Crippen LogP contribution is -1.84. The normalized spacial score (nSPS) is 10.6. The molecule has 6 heteroatoms. The van der Waals surface area contributed by atoms with Crippen molar-refractivity contribution < 1.29 is 8.91 Å². The molecule has 0 amide bonds. The summed E-state index contributed by atoms with van der Waals surface area (Å²) in [6.45, 7) is 0. The Labute approximate surface area is 98.4 Å². The zero-order chi connectivity index (χ0) is 10.8. The fourth-order valence-electron chi connectivity index (χ4n) is 1.11. The van der Waals surface area contributed by atoms with Crippen LogP contribution in [-0.4, -0.2) is 10.1 Å². The minimum Gasteiger partial charge on any atom is -0.338 e. The highest BCUT2D eigenvalue weighted by Gasteiger charge is 2.09. The predicted molar refractivity (Wildman–Crippen MR) is 56.9 cm³/mol. The number of nitrogens with zero attached hydrogens (tertiary/aromatic N) is 2. The molecule has 1 heterocycles.